The number of piperidine rings is 2. The van der Waals surface area contributed by atoms with Crippen LogP contribution in [0.15, 0.2) is 60.9 Å². The molecular formula is C30H28N4O3. The van der Waals surface area contributed by atoms with Crippen molar-refractivity contribution in [2.75, 3.05) is 12.4 Å². The minimum absolute atomic E-state index is 0.0370. The molecule has 0 spiro atoms. The van der Waals surface area contributed by atoms with Crippen molar-refractivity contribution >= 4 is 39.1 Å². The molecule has 4 aromatic rings. The van der Waals surface area contributed by atoms with E-state index in [9.17, 15) is 4.79 Å². The second-order valence-electron chi connectivity index (χ2n) is 9.74. The minimum atomic E-state index is -0.210. The monoisotopic (exact) mass is 492 g/mol. The second kappa shape index (κ2) is 9.62. The molecule has 7 heteroatoms. The van der Waals surface area contributed by atoms with Crippen LogP contribution in [0.25, 0.3) is 21.7 Å². The molecule has 1 aromatic heterocycles. The molecule has 37 heavy (non-hydrogen) atoms. The Morgan fingerprint density at radius 2 is 1.81 bits per heavy atom. The molecule has 2 saturated heterocycles. The van der Waals surface area contributed by atoms with Crippen molar-refractivity contribution in [1.29, 1.82) is 0 Å². The molecule has 7 nitrogen and oxygen atoms in total. The first-order valence-corrected chi connectivity index (χ1v) is 12.7. The van der Waals surface area contributed by atoms with Gasteiger partial charge in [-0.25, -0.2) is 9.97 Å². The van der Waals surface area contributed by atoms with Crippen molar-refractivity contribution < 1.29 is 14.3 Å². The average Bonchev–Trinajstić information content (AvgIpc) is 2.92. The Kier molecular flexibility index (Phi) is 6.01. The molecule has 2 aliphatic rings. The zero-order chi connectivity index (χ0) is 25.4. The zero-order valence-electron chi connectivity index (χ0n) is 20.7. The van der Waals surface area contributed by atoms with E-state index in [0.29, 0.717) is 17.3 Å². The Hall–Kier alpha value is -4.31. The van der Waals surface area contributed by atoms with Crippen LogP contribution in [-0.4, -0.2) is 46.1 Å². The maximum absolute atomic E-state index is 12.4. The number of rotatable bonds is 5. The number of aromatic nitrogens is 2. The highest BCUT2D eigenvalue weighted by atomic mass is 16.5. The summed E-state index contributed by atoms with van der Waals surface area (Å²) < 4.78 is 12.2. The van der Waals surface area contributed by atoms with E-state index in [1.54, 1.807) is 13.4 Å². The minimum Gasteiger partial charge on any atom is -0.493 e. The summed E-state index contributed by atoms with van der Waals surface area (Å²) in [5.74, 6) is 4.06. The van der Waals surface area contributed by atoms with Crippen LogP contribution in [-0.2, 0) is 4.79 Å². The molecule has 1 amide bonds. The predicted molar refractivity (Wildman–Crippen MR) is 144 cm³/mol. The fourth-order valence-electron chi connectivity index (χ4n) is 5.83. The molecule has 2 aliphatic heterocycles. The number of amides is 1. The van der Waals surface area contributed by atoms with Crippen molar-refractivity contribution in [3.63, 3.8) is 0 Å². The van der Waals surface area contributed by atoms with Gasteiger partial charge in [0.25, 0.3) is 5.91 Å². The first-order chi connectivity index (χ1) is 18.1. The van der Waals surface area contributed by atoms with E-state index in [-0.39, 0.29) is 24.1 Å². The summed E-state index contributed by atoms with van der Waals surface area (Å²) in [7, 11) is 1.63. The highest BCUT2D eigenvalue weighted by molar-refractivity contribution is 5.95. The van der Waals surface area contributed by atoms with E-state index in [4.69, 9.17) is 15.9 Å². The molecule has 3 heterocycles. The topological polar surface area (TPSA) is 76.6 Å². The number of benzene rings is 3. The first kappa shape index (κ1) is 23.1. The van der Waals surface area contributed by atoms with Gasteiger partial charge in [0.2, 0.25) is 0 Å². The summed E-state index contributed by atoms with van der Waals surface area (Å²) in [4.78, 5) is 23.3. The lowest BCUT2D eigenvalue weighted by Gasteiger charge is -2.47. The van der Waals surface area contributed by atoms with E-state index in [0.717, 1.165) is 54.1 Å². The lowest BCUT2D eigenvalue weighted by Crippen LogP contribution is -2.56. The van der Waals surface area contributed by atoms with Crippen LogP contribution in [0.3, 0.4) is 0 Å². The molecular weight excluding hydrogens is 464 g/mol. The number of ether oxygens (including phenoxy) is 2. The molecule has 3 aromatic carbocycles. The van der Waals surface area contributed by atoms with Crippen molar-refractivity contribution in [1.82, 2.24) is 14.9 Å². The summed E-state index contributed by atoms with van der Waals surface area (Å²) in [6.07, 6.45) is 11.5. The van der Waals surface area contributed by atoms with Gasteiger partial charge in [0.1, 0.15) is 18.2 Å². The Bertz CT molecular complexity index is 1510. The van der Waals surface area contributed by atoms with Crippen molar-refractivity contribution in [3.8, 4) is 23.8 Å². The number of methoxy groups -OCH3 is 1. The highest BCUT2D eigenvalue weighted by Gasteiger charge is 2.41. The van der Waals surface area contributed by atoms with Crippen LogP contribution in [0, 0.1) is 12.3 Å². The van der Waals surface area contributed by atoms with Crippen molar-refractivity contribution in [2.45, 2.75) is 50.3 Å². The van der Waals surface area contributed by atoms with Gasteiger partial charge < -0.3 is 19.7 Å². The van der Waals surface area contributed by atoms with Crippen LogP contribution in [0.5, 0.6) is 11.5 Å². The molecule has 2 fully saturated rings. The summed E-state index contributed by atoms with van der Waals surface area (Å²) in [6.45, 7) is 0. The Balaban J connectivity index is 1.30. The number of hydrogen-bond acceptors (Lipinski definition) is 6. The zero-order valence-corrected chi connectivity index (χ0v) is 20.7. The largest absolute Gasteiger partial charge is 0.493 e. The maximum Gasteiger partial charge on any atom is 0.298 e. The number of carbonyl (C=O) groups is 1. The van der Waals surface area contributed by atoms with Crippen molar-refractivity contribution in [3.05, 3.63) is 60.9 Å². The molecule has 186 valence electrons. The fourth-order valence-corrected chi connectivity index (χ4v) is 5.83. The molecule has 2 atom stereocenters. The number of fused-ring (bicyclic) bond motifs is 4. The molecule has 1 N–H and O–H groups in total. The lowest BCUT2D eigenvalue weighted by atomic mass is 9.82. The van der Waals surface area contributed by atoms with Crippen LogP contribution in [0.1, 0.15) is 32.1 Å². The van der Waals surface area contributed by atoms with Gasteiger partial charge in [-0.1, -0.05) is 30.3 Å². The second-order valence-corrected chi connectivity index (χ2v) is 9.74. The van der Waals surface area contributed by atoms with E-state index < -0.39 is 0 Å². The van der Waals surface area contributed by atoms with Gasteiger partial charge in [0.15, 0.2) is 11.5 Å². The van der Waals surface area contributed by atoms with Gasteiger partial charge in [-0.3, -0.25) is 4.79 Å². The third-order valence-electron chi connectivity index (χ3n) is 7.52. The first-order valence-electron chi connectivity index (χ1n) is 12.7. The van der Waals surface area contributed by atoms with Gasteiger partial charge in [-0.15, -0.1) is 6.42 Å². The van der Waals surface area contributed by atoms with Gasteiger partial charge in [0, 0.05) is 42.1 Å². The van der Waals surface area contributed by atoms with E-state index in [1.807, 2.05) is 35.2 Å². The quantitative estimate of drug-likeness (QED) is 0.373. The van der Waals surface area contributed by atoms with Crippen LogP contribution in [0.2, 0.25) is 0 Å². The van der Waals surface area contributed by atoms with Gasteiger partial charge in [-0.05, 0) is 54.2 Å². The Morgan fingerprint density at radius 1 is 1.03 bits per heavy atom. The van der Waals surface area contributed by atoms with Gasteiger partial charge in [0.05, 0.1) is 12.6 Å². The van der Waals surface area contributed by atoms with Crippen LogP contribution in [0.4, 0.5) is 11.5 Å². The lowest BCUT2D eigenvalue weighted by molar-refractivity contribution is -0.136. The summed E-state index contributed by atoms with van der Waals surface area (Å²) in [6, 6.07) is 18.5. The number of nitrogens with zero attached hydrogens (tertiary/aromatic N) is 3. The smallest absolute Gasteiger partial charge is 0.298 e. The predicted octanol–water partition coefficient (Wildman–Crippen LogP) is 5.46. The number of hydrogen-bond donors (Lipinski definition) is 1. The summed E-state index contributed by atoms with van der Waals surface area (Å²) in [5.41, 5.74) is 1.70. The SMILES string of the molecule is C#CC(=O)N1C2CCCC1CC(Oc1cc3c(Nc4ccc5ccccc5c4)ncnc3cc1OC)C2. The molecule has 6 rings (SSSR count). The third kappa shape index (κ3) is 4.40. The number of carbonyl (C=O) groups excluding carboxylic acids is 1. The number of terminal acetylenes is 1. The third-order valence-corrected chi connectivity index (χ3v) is 7.52. The summed E-state index contributed by atoms with van der Waals surface area (Å²) >= 11 is 0. The van der Waals surface area contributed by atoms with E-state index in [2.05, 4.69) is 45.5 Å². The van der Waals surface area contributed by atoms with Crippen LogP contribution < -0.4 is 14.8 Å². The maximum atomic E-state index is 12.4. The van der Waals surface area contributed by atoms with Crippen LogP contribution >= 0.6 is 0 Å². The molecule has 2 unspecified atom stereocenters. The Morgan fingerprint density at radius 3 is 2.57 bits per heavy atom. The van der Waals surface area contributed by atoms with Gasteiger partial charge >= 0.3 is 0 Å². The summed E-state index contributed by atoms with van der Waals surface area (Å²) in [5, 5.41) is 6.62. The fraction of sp³-hybridized carbons (Fsp3) is 0.300. The molecule has 2 bridgehead atoms. The molecule has 0 radical (unpaired) electrons. The van der Waals surface area contributed by atoms with E-state index >= 15 is 0 Å². The average molecular weight is 493 g/mol. The molecule has 0 aliphatic carbocycles. The highest BCUT2D eigenvalue weighted by Crippen LogP contribution is 2.40. The Labute approximate surface area is 215 Å². The number of anilines is 2. The van der Waals surface area contributed by atoms with E-state index in [1.165, 1.54) is 5.39 Å². The number of nitrogens with one attached hydrogen (secondary N) is 1. The van der Waals surface area contributed by atoms with Crippen molar-refractivity contribution in [2.24, 2.45) is 0 Å². The normalized spacial score (nSPS) is 20.9. The standard InChI is InChI=1S/C30H28N4O3/c1-3-29(35)34-22-9-6-10-23(34)15-24(14-22)37-28-16-25-26(17-27(28)36-2)31-18-32-30(25)33-21-12-11-19-7-4-5-8-20(19)13-21/h1,4-5,7-8,11-13,16-18,22-24H,6,9-10,14-15H2,2H3,(H,31,32,33). The van der Waals surface area contributed by atoms with Gasteiger partial charge in [-0.2, -0.15) is 0 Å². The molecule has 0 saturated carbocycles.